The first-order valence-corrected chi connectivity index (χ1v) is 9.74. The van der Waals surface area contributed by atoms with Crippen molar-refractivity contribution in [2.45, 2.75) is 12.5 Å². The minimum Gasteiger partial charge on any atom is -0.368 e. The Balaban J connectivity index is 1.89. The molecule has 3 aromatic heterocycles. The maximum atomic E-state index is 14.0. The van der Waals surface area contributed by atoms with Crippen LogP contribution in [-0.4, -0.2) is 38.8 Å². The second-order valence-corrected chi connectivity index (χ2v) is 7.50. The first-order valence-electron chi connectivity index (χ1n) is 8.94. The molecule has 10 heteroatoms. The van der Waals surface area contributed by atoms with Crippen LogP contribution < -0.4 is 5.73 Å². The SMILES string of the molecule is COCOC(C)(c1cccc(F)c1)c1cc(-c2c[nH]c3ncc(Br)nc23)nc(N)n1. The highest BCUT2D eigenvalue weighted by atomic mass is 79.9. The van der Waals surface area contributed by atoms with E-state index >= 15 is 0 Å². The first-order chi connectivity index (χ1) is 14.4. The van der Waals surface area contributed by atoms with Gasteiger partial charge in [0.15, 0.2) is 5.65 Å². The highest BCUT2D eigenvalue weighted by molar-refractivity contribution is 9.10. The molecule has 0 aliphatic rings. The summed E-state index contributed by atoms with van der Waals surface area (Å²) in [6, 6.07) is 7.86. The van der Waals surface area contributed by atoms with Crippen LogP contribution in [0.2, 0.25) is 0 Å². The lowest BCUT2D eigenvalue weighted by Crippen LogP contribution is -2.30. The predicted molar refractivity (Wildman–Crippen MR) is 113 cm³/mol. The van der Waals surface area contributed by atoms with Crippen molar-refractivity contribution in [1.29, 1.82) is 0 Å². The summed E-state index contributed by atoms with van der Waals surface area (Å²) >= 11 is 3.34. The molecule has 3 N–H and O–H groups in total. The molecule has 30 heavy (non-hydrogen) atoms. The minimum absolute atomic E-state index is 0.0300. The van der Waals surface area contributed by atoms with E-state index in [0.717, 1.165) is 0 Å². The molecule has 1 unspecified atom stereocenters. The van der Waals surface area contributed by atoms with Gasteiger partial charge in [0.1, 0.15) is 28.3 Å². The number of hydrogen-bond acceptors (Lipinski definition) is 7. The number of fused-ring (bicyclic) bond motifs is 1. The molecule has 0 aliphatic heterocycles. The fraction of sp³-hybridized carbons (Fsp3) is 0.200. The molecule has 0 radical (unpaired) electrons. The van der Waals surface area contributed by atoms with Gasteiger partial charge in [-0.3, -0.25) is 0 Å². The Morgan fingerprint density at radius 2 is 2.07 bits per heavy atom. The number of methoxy groups -OCH3 is 1. The van der Waals surface area contributed by atoms with Gasteiger partial charge in [-0.05, 0) is 46.6 Å². The summed E-state index contributed by atoms with van der Waals surface area (Å²) in [5.74, 6) is -0.345. The summed E-state index contributed by atoms with van der Waals surface area (Å²) in [5.41, 5.74) is 8.36. The number of anilines is 1. The smallest absolute Gasteiger partial charge is 0.220 e. The average molecular weight is 473 g/mol. The summed E-state index contributed by atoms with van der Waals surface area (Å²) in [4.78, 5) is 20.6. The van der Waals surface area contributed by atoms with Crippen LogP contribution in [0.25, 0.3) is 22.4 Å². The number of nitrogens with zero attached hydrogens (tertiary/aromatic N) is 4. The Morgan fingerprint density at radius 1 is 1.23 bits per heavy atom. The number of aromatic nitrogens is 5. The molecule has 4 rings (SSSR count). The fourth-order valence-electron chi connectivity index (χ4n) is 3.18. The van der Waals surface area contributed by atoms with E-state index in [1.54, 1.807) is 37.5 Å². The van der Waals surface area contributed by atoms with Gasteiger partial charge >= 0.3 is 0 Å². The molecule has 1 aromatic carbocycles. The number of halogens is 2. The third-order valence-corrected chi connectivity index (χ3v) is 5.08. The zero-order chi connectivity index (χ0) is 21.3. The summed E-state index contributed by atoms with van der Waals surface area (Å²) < 4.78 is 25.6. The van der Waals surface area contributed by atoms with E-state index in [0.29, 0.717) is 38.3 Å². The van der Waals surface area contributed by atoms with E-state index in [4.69, 9.17) is 15.2 Å². The Bertz CT molecular complexity index is 1220. The van der Waals surface area contributed by atoms with Crippen LogP contribution in [0.1, 0.15) is 18.2 Å². The second kappa shape index (κ2) is 8.05. The van der Waals surface area contributed by atoms with E-state index < -0.39 is 11.4 Å². The Labute approximate surface area is 179 Å². The first kappa shape index (κ1) is 20.3. The maximum absolute atomic E-state index is 14.0. The lowest BCUT2D eigenvalue weighted by atomic mass is 9.91. The number of ether oxygens (including phenoxy) is 2. The van der Waals surface area contributed by atoms with Crippen LogP contribution in [0.15, 0.2) is 47.3 Å². The summed E-state index contributed by atoms with van der Waals surface area (Å²) in [7, 11) is 1.51. The molecule has 0 aliphatic carbocycles. The number of nitrogens with one attached hydrogen (secondary N) is 1. The maximum Gasteiger partial charge on any atom is 0.220 e. The Morgan fingerprint density at radius 3 is 2.83 bits per heavy atom. The Hall–Kier alpha value is -2.95. The predicted octanol–water partition coefficient (Wildman–Crippen LogP) is 3.78. The van der Waals surface area contributed by atoms with Crippen LogP contribution in [0.3, 0.4) is 0 Å². The molecule has 4 aromatic rings. The molecule has 0 fully saturated rings. The number of nitrogens with two attached hydrogens (primary N) is 1. The zero-order valence-corrected chi connectivity index (χ0v) is 17.8. The molecule has 0 saturated heterocycles. The highest BCUT2D eigenvalue weighted by Gasteiger charge is 2.33. The summed E-state index contributed by atoms with van der Waals surface area (Å²) in [6.07, 6.45) is 3.35. The molecule has 3 heterocycles. The van der Waals surface area contributed by atoms with Crippen molar-refractivity contribution in [1.82, 2.24) is 24.9 Å². The molecular formula is C20H18BrFN6O2. The van der Waals surface area contributed by atoms with Gasteiger partial charge in [0, 0.05) is 18.9 Å². The van der Waals surface area contributed by atoms with Crippen molar-refractivity contribution < 1.29 is 13.9 Å². The van der Waals surface area contributed by atoms with Gasteiger partial charge in [-0.2, -0.15) is 0 Å². The summed E-state index contributed by atoms with van der Waals surface area (Å²) in [5, 5.41) is 0. The fourth-order valence-corrected chi connectivity index (χ4v) is 3.46. The van der Waals surface area contributed by atoms with E-state index in [9.17, 15) is 4.39 Å². The van der Waals surface area contributed by atoms with Crippen molar-refractivity contribution in [3.8, 4) is 11.3 Å². The van der Waals surface area contributed by atoms with Crippen molar-refractivity contribution in [2.75, 3.05) is 19.6 Å². The van der Waals surface area contributed by atoms with Crippen LogP contribution in [0.5, 0.6) is 0 Å². The molecule has 0 bridgehead atoms. The molecular weight excluding hydrogens is 455 g/mol. The third-order valence-electron chi connectivity index (χ3n) is 4.70. The van der Waals surface area contributed by atoms with Crippen LogP contribution in [-0.2, 0) is 15.1 Å². The van der Waals surface area contributed by atoms with Crippen molar-refractivity contribution >= 4 is 33.0 Å². The van der Waals surface area contributed by atoms with E-state index in [1.807, 2.05) is 0 Å². The Kier molecular flexibility index (Phi) is 5.46. The van der Waals surface area contributed by atoms with E-state index in [2.05, 4.69) is 40.8 Å². The number of hydrogen-bond donors (Lipinski definition) is 2. The van der Waals surface area contributed by atoms with Crippen molar-refractivity contribution in [2.24, 2.45) is 0 Å². The third kappa shape index (κ3) is 3.76. The van der Waals surface area contributed by atoms with Crippen LogP contribution in [0.4, 0.5) is 10.3 Å². The highest BCUT2D eigenvalue weighted by Crippen LogP contribution is 2.35. The lowest BCUT2D eigenvalue weighted by molar-refractivity contribution is -0.109. The largest absolute Gasteiger partial charge is 0.368 e. The van der Waals surface area contributed by atoms with Gasteiger partial charge in [-0.15, -0.1) is 0 Å². The number of aromatic amines is 1. The average Bonchev–Trinajstić information content (AvgIpc) is 3.14. The van der Waals surface area contributed by atoms with Gasteiger partial charge in [-0.1, -0.05) is 12.1 Å². The normalized spacial score (nSPS) is 13.5. The van der Waals surface area contributed by atoms with Gasteiger partial charge in [0.05, 0.1) is 17.6 Å². The molecule has 0 spiro atoms. The van der Waals surface area contributed by atoms with Gasteiger partial charge in [-0.25, -0.2) is 24.3 Å². The van der Waals surface area contributed by atoms with Gasteiger partial charge in [0.2, 0.25) is 5.95 Å². The molecule has 0 amide bonds. The number of benzene rings is 1. The monoisotopic (exact) mass is 472 g/mol. The van der Waals surface area contributed by atoms with Crippen molar-refractivity contribution in [3.63, 3.8) is 0 Å². The lowest BCUT2D eigenvalue weighted by Gasteiger charge is -2.30. The zero-order valence-electron chi connectivity index (χ0n) is 16.2. The number of nitrogen functional groups attached to an aromatic ring is 1. The second-order valence-electron chi connectivity index (χ2n) is 6.68. The van der Waals surface area contributed by atoms with E-state index in [-0.39, 0.29) is 12.7 Å². The van der Waals surface area contributed by atoms with Crippen LogP contribution >= 0.6 is 15.9 Å². The molecule has 0 saturated carbocycles. The topological polar surface area (TPSA) is 112 Å². The molecule has 154 valence electrons. The van der Waals surface area contributed by atoms with Gasteiger partial charge in [0.25, 0.3) is 0 Å². The number of rotatable bonds is 6. The summed E-state index contributed by atoms with van der Waals surface area (Å²) in [6.45, 7) is 1.75. The number of H-pyrrole nitrogens is 1. The van der Waals surface area contributed by atoms with Gasteiger partial charge < -0.3 is 20.2 Å². The molecule has 8 nitrogen and oxygen atoms in total. The van der Waals surface area contributed by atoms with Crippen molar-refractivity contribution in [3.05, 3.63) is 64.4 Å². The minimum atomic E-state index is -1.14. The van der Waals surface area contributed by atoms with E-state index in [1.165, 1.54) is 19.2 Å². The van der Waals surface area contributed by atoms with Crippen LogP contribution in [0, 0.1) is 5.82 Å². The standard InChI is InChI=1S/C20H18BrFN6O2/c1-20(30-10-29-2,11-4-3-5-12(22)6-11)15-7-14(26-19(23)27-15)13-8-24-18-17(13)28-16(21)9-25-18/h3-9H,10H2,1-2H3,(H,24,25)(H2,23,26,27). The quantitative estimate of drug-likeness (QED) is 0.410. The molecule has 1 atom stereocenters.